The number of hydrogen-bond donors (Lipinski definition) is 1. The lowest BCUT2D eigenvalue weighted by atomic mass is 9.75. The van der Waals surface area contributed by atoms with Gasteiger partial charge in [0.15, 0.2) is 0 Å². The van der Waals surface area contributed by atoms with E-state index < -0.39 is 0 Å². The predicted octanol–water partition coefficient (Wildman–Crippen LogP) is 1.86. The van der Waals surface area contributed by atoms with E-state index in [1.165, 1.54) is 25.7 Å². The standard InChI is InChI=1S/C13H28N2O/c1-11(9-16-4)15(3)13(2,10-14)8-12-6-5-7-12/h11-12H,5-10,14H2,1-4H3. The first-order chi connectivity index (χ1) is 7.53. The smallest absolute Gasteiger partial charge is 0.0615 e. The van der Waals surface area contributed by atoms with E-state index in [2.05, 4.69) is 25.8 Å². The Hall–Kier alpha value is -0.120. The molecule has 0 spiro atoms. The van der Waals surface area contributed by atoms with Crippen molar-refractivity contribution in [2.45, 2.75) is 51.1 Å². The van der Waals surface area contributed by atoms with Crippen LogP contribution in [0.4, 0.5) is 0 Å². The van der Waals surface area contributed by atoms with Gasteiger partial charge in [0.25, 0.3) is 0 Å². The molecular formula is C13H28N2O. The van der Waals surface area contributed by atoms with E-state index in [0.717, 1.165) is 19.1 Å². The zero-order valence-electron chi connectivity index (χ0n) is 11.3. The Morgan fingerprint density at radius 3 is 2.50 bits per heavy atom. The first-order valence-corrected chi connectivity index (χ1v) is 6.45. The maximum atomic E-state index is 5.99. The monoisotopic (exact) mass is 228 g/mol. The minimum atomic E-state index is 0.128. The van der Waals surface area contributed by atoms with Crippen LogP contribution in [0.15, 0.2) is 0 Å². The van der Waals surface area contributed by atoms with Crippen LogP contribution in [-0.4, -0.2) is 43.8 Å². The molecule has 1 fully saturated rings. The lowest BCUT2D eigenvalue weighted by Gasteiger charge is -2.45. The molecule has 0 aromatic carbocycles. The fourth-order valence-corrected chi connectivity index (χ4v) is 2.58. The number of hydrogen-bond acceptors (Lipinski definition) is 3. The average Bonchev–Trinajstić information content (AvgIpc) is 2.22. The average molecular weight is 228 g/mol. The van der Waals surface area contributed by atoms with Crippen molar-refractivity contribution < 1.29 is 4.74 Å². The molecule has 16 heavy (non-hydrogen) atoms. The molecule has 1 aliphatic carbocycles. The Labute approximate surface area is 100 Å². The second kappa shape index (κ2) is 5.99. The summed E-state index contributed by atoms with van der Waals surface area (Å²) in [7, 11) is 3.94. The van der Waals surface area contributed by atoms with E-state index >= 15 is 0 Å². The van der Waals surface area contributed by atoms with Gasteiger partial charge in [-0.1, -0.05) is 19.3 Å². The molecule has 3 nitrogen and oxygen atoms in total. The molecular weight excluding hydrogens is 200 g/mol. The molecule has 1 rings (SSSR count). The van der Waals surface area contributed by atoms with Crippen molar-refractivity contribution in [1.29, 1.82) is 0 Å². The summed E-state index contributed by atoms with van der Waals surface area (Å²) in [5.41, 5.74) is 6.11. The second-order valence-corrected chi connectivity index (χ2v) is 5.62. The molecule has 2 unspecified atom stereocenters. The van der Waals surface area contributed by atoms with E-state index in [1.54, 1.807) is 7.11 Å². The van der Waals surface area contributed by atoms with Crippen LogP contribution in [0.5, 0.6) is 0 Å². The highest BCUT2D eigenvalue weighted by atomic mass is 16.5. The molecule has 1 aliphatic rings. The third kappa shape index (κ3) is 3.19. The number of methoxy groups -OCH3 is 1. The van der Waals surface area contributed by atoms with Crippen LogP contribution in [0, 0.1) is 5.92 Å². The largest absolute Gasteiger partial charge is 0.383 e. The van der Waals surface area contributed by atoms with Crippen LogP contribution in [0.2, 0.25) is 0 Å². The molecule has 0 bridgehead atoms. The van der Waals surface area contributed by atoms with Crippen molar-refractivity contribution in [2.75, 3.05) is 27.3 Å². The highest BCUT2D eigenvalue weighted by Crippen LogP contribution is 2.35. The molecule has 0 amide bonds. The minimum Gasteiger partial charge on any atom is -0.383 e. The van der Waals surface area contributed by atoms with Crippen molar-refractivity contribution in [3.05, 3.63) is 0 Å². The first-order valence-electron chi connectivity index (χ1n) is 6.45. The van der Waals surface area contributed by atoms with Crippen molar-refractivity contribution >= 4 is 0 Å². The summed E-state index contributed by atoms with van der Waals surface area (Å²) in [6, 6.07) is 0.429. The van der Waals surface area contributed by atoms with Gasteiger partial charge >= 0.3 is 0 Å². The van der Waals surface area contributed by atoms with Gasteiger partial charge in [-0.3, -0.25) is 4.90 Å². The van der Waals surface area contributed by atoms with Gasteiger partial charge in [-0.2, -0.15) is 0 Å². The zero-order valence-corrected chi connectivity index (χ0v) is 11.3. The topological polar surface area (TPSA) is 38.5 Å². The van der Waals surface area contributed by atoms with Crippen LogP contribution in [0.3, 0.4) is 0 Å². The highest BCUT2D eigenvalue weighted by Gasteiger charge is 2.35. The van der Waals surface area contributed by atoms with Gasteiger partial charge in [0.2, 0.25) is 0 Å². The van der Waals surface area contributed by atoms with E-state index in [9.17, 15) is 0 Å². The number of rotatable bonds is 7. The molecule has 0 aliphatic heterocycles. The summed E-state index contributed by atoms with van der Waals surface area (Å²) < 4.78 is 5.23. The maximum Gasteiger partial charge on any atom is 0.0615 e. The van der Waals surface area contributed by atoms with Crippen LogP contribution in [-0.2, 0) is 4.74 Å². The van der Waals surface area contributed by atoms with Gasteiger partial charge in [0.05, 0.1) is 6.61 Å². The van der Waals surface area contributed by atoms with Gasteiger partial charge in [0.1, 0.15) is 0 Å². The third-order valence-corrected chi connectivity index (χ3v) is 4.31. The summed E-state index contributed by atoms with van der Waals surface area (Å²) >= 11 is 0. The summed E-state index contributed by atoms with van der Waals surface area (Å²) in [5.74, 6) is 0.894. The van der Waals surface area contributed by atoms with Gasteiger partial charge in [-0.15, -0.1) is 0 Å². The predicted molar refractivity (Wildman–Crippen MR) is 68.5 cm³/mol. The van der Waals surface area contributed by atoms with E-state index in [1.807, 2.05) is 0 Å². The summed E-state index contributed by atoms with van der Waals surface area (Å²) in [4.78, 5) is 2.40. The van der Waals surface area contributed by atoms with Crippen molar-refractivity contribution in [1.82, 2.24) is 4.90 Å². The van der Waals surface area contributed by atoms with E-state index in [0.29, 0.717) is 6.04 Å². The van der Waals surface area contributed by atoms with Crippen LogP contribution in [0.1, 0.15) is 39.5 Å². The fraction of sp³-hybridized carbons (Fsp3) is 1.00. The molecule has 2 atom stereocenters. The Bertz CT molecular complexity index is 206. The van der Waals surface area contributed by atoms with E-state index in [-0.39, 0.29) is 5.54 Å². The molecule has 0 aromatic rings. The molecule has 1 saturated carbocycles. The number of nitrogens with zero attached hydrogens (tertiary/aromatic N) is 1. The van der Waals surface area contributed by atoms with Gasteiger partial charge in [-0.25, -0.2) is 0 Å². The molecule has 0 radical (unpaired) electrons. The van der Waals surface area contributed by atoms with E-state index in [4.69, 9.17) is 10.5 Å². The van der Waals surface area contributed by atoms with Gasteiger partial charge in [-0.05, 0) is 33.2 Å². The lowest BCUT2D eigenvalue weighted by molar-refractivity contribution is 0.0255. The van der Waals surface area contributed by atoms with Crippen molar-refractivity contribution in [3.63, 3.8) is 0 Å². The summed E-state index contributed by atoms with van der Waals surface area (Å²) in [6.45, 7) is 6.00. The number of likely N-dealkylation sites (N-methyl/N-ethyl adjacent to an activating group) is 1. The highest BCUT2D eigenvalue weighted by molar-refractivity contribution is 4.92. The SMILES string of the molecule is COCC(C)N(C)C(C)(CN)CC1CCC1. The van der Waals surface area contributed by atoms with Gasteiger partial charge < -0.3 is 10.5 Å². The Morgan fingerprint density at radius 1 is 1.50 bits per heavy atom. The molecule has 2 N–H and O–H groups in total. The van der Waals surface area contributed by atoms with Crippen LogP contribution < -0.4 is 5.73 Å². The third-order valence-electron chi connectivity index (χ3n) is 4.31. The summed E-state index contributed by atoms with van der Waals surface area (Å²) in [6.07, 6.45) is 5.42. The quantitative estimate of drug-likeness (QED) is 0.723. The number of ether oxygens (including phenoxy) is 1. The molecule has 3 heteroatoms. The maximum absolute atomic E-state index is 5.99. The molecule has 0 saturated heterocycles. The Morgan fingerprint density at radius 2 is 2.12 bits per heavy atom. The zero-order chi connectivity index (χ0) is 12.2. The van der Waals surface area contributed by atoms with Gasteiger partial charge in [0, 0.05) is 25.2 Å². The summed E-state index contributed by atoms with van der Waals surface area (Å²) in [5, 5.41) is 0. The second-order valence-electron chi connectivity index (χ2n) is 5.62. The Kier molecular flexibility index (Phi) is 5.22. The fourth-order valence-electron chi connectivity index (χ4n) is 2.58. The first kappa shape index (κ1) is 13.9. The molecule has 0 heterocycles. The Balaban J connectivity index is 2.54. The van der Waals surface area contributed by atoms with Crippen LogP contribution in [0.25, 0.3) is 0 Å². The van der Waals surface area contributed by atoms with Crippen molar-refractivity contribution in [2.24, 2.45) is 11.7 Å². The van der Waals surface area contributed by atoms with Crippen molar-refractivity contribution in [3.8, 4) is 0 Å². The van der Waals surface area contributed by atoms with Crippen LogP contribution >= 0.6 is 0 Å². The molecule has 0 aromatic heterocycles. The number of nitrogens with two attached hydrogens (primary N) is 1. The normalized spacial score (nSPS) is 22.9. The minimum absolute atomic E-state index is 0.128. The molecule has 96 valence electrons. The lowest BCUT2D eigenvalue weighted by Crippen LogP contribution is -2.55.